The number of para-hydroxylation sites is 2. The molecule has 0 bridgehead atoms. The SMILES string of the molecule is COc1ccccc1COc1c(OC)cccc1C1=NCCN1. The number of nitrogens with zero attached hydrogens (tertiary/aromatic N) is 1. The molecule has 5 nitrogen and oxygen atoms in total. The fourth-order valence-corrected chi connectivity index (χ4v) is 2.56. The van der Waals surface area contributed by atoms with E-state index >= 15 is 0 Å². The minimum Gasteiger partial charge on any atom is -0.496 e. The molecule has 2 aromatic carbocycles. The Morgan fingerprint density at radius 1 is 1.00 bits per heavy atom. The van der Waals surface area contributed by atoms with Crippen LogP contribution >= 0.6 is 0 Å². The Kier molecular flexibility index (Phi) is 4.66. The molecular weight excluding hydrogens is 292 g/mol. The van der Waals surface area contributed by atoms with Crippen molar-refractivity contribution in [1.29, 1.82) is 0 Å². The van der Waals surface area contributed by atoms with Crippen molar-refractivity contribution in [2.24, 2.45) is 4.99 Å². The Morgan fingerprint density at radius 2 is 1.78 bits per heavy atom. The molecule has 0 saturated heterocycles. The molecule has 0 fully saturated rings. The summed E-state index contributed by atoms with van der Waals surface area (Å²) in [5.41, 5.74) is 1.89. The molecule has 0 spiro atoms. The highest BCUT2D eigenvalue weighted by Crippen LogP contribution is 2.33. The molecule has 1 aliphatic heterocycles. The Morgan fingerprint density at radius 3 is 2.52 bits per heavy atom. The molecular formula is C18H20N2O3. The summed E-state index contributed by atoms with van der Waals surface area (Å²) in [4.78, 5) is 4.48. The van der Waals surface area contributed by atoms with Gasteiger partial charge in [0.15, 0.2) is 11.5 Å². The van der Waals surface area contributed by atoms with Crippen molar-refractivity contribution in [1.82, 2.24) is 5.32 Å². The van der Waals surface area contributed by atoms with E-state index in [1.165, 1.54) is 0 Å². The predicted octanol–water partition coefficient (Wildman–Crippen LogP) is 2.63. The second-order valence-electron chi connectivity index (χ2n) is 5.09. The van der Waals surface area contributed by atoms with Crippen LogP contribution in [0.15, 0.2) is 47.5 Å². The highest BCUT2D eigenvalue weighted by Gasteiger charge is 2.18. The van der Waals surface area contributed by atoms with Crippen LogP contribution in [-0.4, -0.2) is 33.1 Å². The topological polar surface area (TPSA) is 52.1 Å². The van der Waals surface area contributed by atoms with Gasteiger partial charge in [-0.15, -0.1) is 0 Å². The van der Waals surface area contributed by atoms with E-state index in [0.717, 1.165) is 35.8 Å². The average molecular weight is 312 g/mol. The van der Waals surface area contributed by atoms with Crippen LogP contribution in [0.3, 0.4) is 0 Å². The third kappa shape index (κ3) is 3.23. The van der Waals surface area contributed by atoms with Gasteiger partial charge in [-0.2, -0.15) is 0 Å². The fourth-order valence-electron chi connectivity index (χ4n) is 2.56. The van der Waals surface area contributed by atoms with Gasteiger partial charge in [-0.1, -0.05) is 24.3 Å². The fraction of sp³-hybridized carbons (Fsp3) is 0.278. The second kappa shape index (κ2) is 7.05. The Balaban J connectivity index is 1.89. The van der Waals surface area contributed by atoms with Crippen LogP contribution in [-0.2, 0) is 6.61 Å². The van der Waals surface area contributed by atoms with E-state index in [4.69, 9.17) is 14.2 Å². The van der Waals surface area contributed by atoms with E-state index in [2.05, 4.69) is 10.3 Å². The molecule has 120 valence electrons. The lowest BCUT2D eigenvalue weighted by Gasteiger charge is -2.16. The normalized spacial score (nSPS) is 13.2. The quantitative estimate of drug-likeness (QED) is 0.891. The molecule has 5 heteroatoms. The molecule has 0 saturated carbocycles. The van der Waals surface area contributed by atoms with Gasteiger partial charge >= 0.3 is 0 Å². The number of methoxy groups -OCH3 is 2. The lowest BCUT2D eigenvalue weighted by atomic mass is 10.1. The smallest absolute Gasteiger partial charge is 0.172 e. The summed E-state index contributed by atoms with van der Waals surface area (Å²) in [5.74, 6) is 3.03. The largest absolute Gasteiger partial charge is 0.496 e. The van der Waals surface area contributed by atoms with E-state index in [-0.39, 0.29) is 0 Å². The van der Waals surface area contributed by atoms with Crippen LogP contribution in [0.1, 0.15) is 11.1 Å². The molecule has 2 aromatic rings. The summed E-state index contributed by atoms with van der Waals surface area (Å²) >= 11 is 0. The number of rotatable bonds is 6. The molecule has 3 rings (SSSR count). The number of benzene rings is 2. The summed E-state index contributed by atoms with van der Waals surface area (Å²) < 4.78 is 16.9. The molecule has 0 aliphatic carbocycles. The molecule has 1 aliphatic rings. The average Bonchev–Trinajstić information content (AvgIpc) is 3.14. The van der Waals surface area contributed by atoms with E-state index in [9.17, 15) is 0 Å². The molecule has 1 N–H and O–H groups in total. The third-order valence-electron chi connectivity index (χ3n) is 3.69. The molecule has 0 amide bonds. The van der Waals surface area contributed by atoms with Gasteiger partial charge in [0.05, 0.1) is 26.3 Å². The van der Waals surface area contributed by atoms with Crippen LogP contribution in [0.25, 0.3) is 0 Å². The first-order valence-electron chi connectivity index (χ1n) is 7.54. The number of aliphatic imine (C=N–C) groups is 1. The van der Waals surface area contributed by atoms with Crippen molar-refractivity contribution in [3.8, 4) is 17.2 Å². The highest BCUT2D eigenvalue weighted by atomic mass is 16.5. The summed E-state index contributed by atoms with van der Waals surface area (Å²) in [7, 11) is 3.30. The number of hydrogen-bond donors (Lipinski definition) is 1. The first kappa shape index (κ1) is 15.2. The minimum absolute atomic E-state index is 0.394. The van der Waals surface area contributed by atoms with Crippen LogP contribution in [0.4, 0.5) is 0 Å². The van der Waals surface area contributed by atoms with Gasteiger partial charge in [-0.05, 0) is 18.2 Å². The van der Waals surface area contributed by atoms with Crippen molar-refractivity contribution >= 4 is 5.84 Å². The Bertz CT molecular complexity index is 713. The number of ether oxygens (including phenoxy) is 3. The standard InChI is InChI=1S/C18H20N2O3/c1-21-15-8-4-3-6-13(15)12-23-17-14(18-19-10-11-20-18)7-5-9-16(17)22-2/h3-9H,10-12H2,1-2H3,(H,19,20). The van der Waals surface area contributed by atoms with Crippen LogP contribution in [0.5, 0.6) is 17.2 Å². The van der Waals surface area contributed by atoms with E-state index in [1.807, 2.05) is 42.5 Å². The summed E-state index contributed by atoms with van der Waals surface area (Å²) in [6, 6.07) is 13.6. The van der Waals surface area contributed by atoms with Gasteiger partial charge < -0.3 is 19.5 Å². The molecule has 0 radical (unpaired) electrons. The lowest BCUT2D eigenvalue weighted by molar-refractivity contribution is 0.277. The zero-order valence-corrected chi connectivity index (χ0v) is 13.3. The molecule has 1 heterocycles. The van der Waals surface area contributed by atoms with Crippen LogP contribution in [0, 0.1) is 0 Å². The number of hydrogen-bond acceptors (Lipinski definition) is 5. The summed E-state index contributed by atoms with van der Waals surface area (Å²) in [6.45, 7) is 2.02. The van der Waals surface area contributed by atoms with Crippen LogP contribution in [0.2, 0.25) is 0 Å². The van der Waals surface area contributed by atoms with Crippen LogP contribution < -0.4 is 19.5 Å². The first-order valence-corrected chi connectivity index (χ1v) is 7.54. The van der Waals surface area contributed by atoms with Crippen molar-refractivity contribution in [3.63, 3.8) is 0 Å². The number of nitrogens with one attached hydrogen (secondary N) is 1. The zero-order valence-electron chi connectivity index (χ0n) is 13.3. The third-order valence-corrected chi connectivity index (χ3v) is 3.69. The van der Waals surface area contributed by atoms with Gasteiger partial charge in [-0.25, -0.2) is 0 Å². The molecule has 23 heavy (non-hydrogen) atoms. The Labute approximate surface area is 135 Å². The van der Waals surface area contributed by atoms with Crippen molar-refractivity contribution in [3.05, 3.63) is 53.6 Å². The van der Waals surface area contributed by atoms with Crippen molar-refractivity contribution < 1.29 is 14.2 Å². The summed E-state index contributed by atoms with van der Waals surface area (Å²) in [5, 5.41) is 3.28. The maximum Gasteiger partial charge on any atom is 0.172 e. The maximum atomic E-state index is 6.07. The predicted molar refractivity (Wildman–Crippen MR) is 89.7 cm³/mol. The zero-order chi connectivity index (χ0) is 16.1. The minimum atomic E-state index is 0.394. The molecule has 0 aromatic heterocycles. The second-order valence-corrected chi connectivity index (χ2v) is 5.09. The first-order chi connectivity index (χ1) is 11.3. The lowest BCUT2D eigenvalue weighted by Crippen LogP contribution is -2.20. The summed E-state index contributed by atoms with van der Waals surface area (Å²) in [6.07, 6.45) is 0. The van der Waals surface area contributed by atoms with Crippen molar-refractivity contribution in [2.45, 2.75) is 6.61 Å². The maximum absolute atomic E-state index is 6.07. The number of amidine groups is 1. The van der Waals surface area contributed by atoms with E-state index < -0.39 is 0 Å². The van der Waals surface area contributed by atoms with Gasteiger partial charge in [-0.3, -0.25) is 4.99 Å². The van der Waals surface area contributed by atoms with E-state index in [0.29, 0.717) is 18.1 Å². The molecule has 0 unspecified atom stereocenters. The van der Waals surface area contributed by atoms with Crippen molar-refractivity contribution in [2.75, 3.05) is 27.3 Å². The van der Waals surface area contributed by atoms with Gasteiger partial charge in [0.1, 0.15) is 18.2 Å². The van der Waals surface area contributed by atoms with Gasteiger partial charge in [0.2, 0.25) is 0 Å². The van der Waals surface area contributed by atoms with Gasteiger partial charge in [0, 0.05) is 12.1 Å². The highest BCUT2D eigenvalue weighted by molar-refractivity contribution is 6.02. The monoisotopic (exact) mass is 312 g/mol. The Hall–Kier alpha value is -2.69. The van der Waals surface area contributed by atoms with E-state index in [1.54, 1.807) is 14.2 Å². The van der Waals surface area contributed by atoms with Gasteiger partial charge in [0.25, 0.3) is 0 Å². The molecule has 0 atom stereocenters.